The highest BCUT2D eigenvalue weighted by Crippen LogP contribution is 2.48. The van der Waals surface area contributed by atoms with Crippen molar-refractivity contribution in [3.05, 3.63) is 59.9 Å². The zero-order chi connectivity index (χ0) is 26.0. The SMILES string of the molecule is CCCC1CC(N2C[C@]3(CCN(Cc4cccc(OC(C)C)c4)[C@@H](C)C3)N(c3cccc(F)c3)S2)=NO1. The van der Waals surface area contributed by atoms with E-state index < -0.39 is 0 Å². The molecule has 1 spiro atoms. The Balaban J connectivity index is 1.33. The normalized spacial score (nSPS) is 26.2. The van der Waals surface area contributed by atoms with Crippen LogP contribution >= 0.6 is 12.1 Å². The predicted molar refractivity (Wildman–Crippen MR) is 149 cm³/mol. The quantitative estimate of drug-likeness (QED) is 0.378. The molecule has 3 heterocycles. The van der Waals surface area contributed by atoms with Gasteiger partial charge in [-0.05, 0) is 75.9 Å². The van der Waals surface area contributed by atoms with Gasteiger partial charge in [-0.25, -0.2) is 4.39 Å². The summed E-state index contributed by atoms with van der Waals surface area (Å²) in [6.07, 6.45) is 5.24. The molecule has 3 atom stereocenters. The van der Waals surface area contributed by atoms with E-state index in [0.29, 0.717) is 6.04 Å². The fourth-order valence-electron chi connectivity index (χ4n) is 5.78. The first-order valence-electron chi connectivity index (χ1n) is 13.6. The van der Waals surface area contributed by atoms with Gasteiger partial charge in [-0.1, -0.05) is 36.7 Å². The molecule has 6 nitrogen and oxygen atoms in total. The lowest BCUT2D eigenvalue weighted by Crippen LogP contribution is -2.56. The Hall–Kier alpha value is -2.45. The Morgan fingerprint density at radius 2 is 2.05 bits per heavy atom. The Kier molecular flexibility index (Phi) is 7.86. The molecule has 200 valence electrons. The molecule has 37 heavy (non-hydrogen) atoms. The third-order valence-electron chi connectivity index (χ3n) is 7.53. The Labute approximate surface area is 225 Å². The van der Waals surface area contributed by atoms with Crippen LogP contribution in [0.4, 0.5) is 10.1 Å². The summed E-state index contributed by atoms with van der Waals surface area (Å²) in [6.45, 7) is 11.3. The van der Waals surface area contributed by atoms with Crippen LogP contribution in [-0.2, 0) is 11.4 Å². The lowest BCUT2D eigenvalue weighted by Gasteiger charge is -2.47. The first-order chi connectivity index (χ1) is 17.8. The maximum atomic E-state index is 14.3. The zero-order valence-corrected chi connectivity index (χ0v) is 23.2. The van der Waals surface area contributed by atoms with Crippen molar-refractivity contribution in [2.75, 3.05) is 17.4 Å². The maximum absolute atomic E-state index is 14.3. The van der Waals surface area contributed by atoms with Gasteiger partial charge < -0.3 is 9.57 Å². The van der Waals surface area contributed by atoms with Crippen LogP contribution in [0.5, 0.6) is 5.75 Å². The topological polar surface area (TPSA) is 40.5 Å². The molecule has 2 aromatic rings. The highest BCUT2D eigenvalue weighted by Gasteiger charge is 2.51. The minimum atomic E-state index is -0.203. The lowest BCUT2D eigenvalue weighted by molar-refractivity contribution is 0.0785. The number of likely N-dealkylation sites (tertiary alicyclic amines) is 1. The van der Waals surface area contributed by atoms with Crippen LogP contribution < -0.4 is 9.04 Å². The molecule has 3 aliphatic heterocycles. The van der Waals surface area contributed by atoms with Gasteiger partial charge in [0.15, 0.2) is 5.84 Å². The van der Waals surface area contributed by atoms with E-state index in [-0.39, 0.29) is 23.6 Å². The lowest BCUT2D eigenvalue weighted by atomic mass is 9.82. The summed E-state index contributed by atoms with van der Waals surface area (Å²) >= 11 is 1.66. The van der Waals surface area contributed by atoms with E-state index >= 15 is 0 Å². The molecule has 0 aromatic heterocycles. The third kappa shape index (κ3) is 5.85. The smallest absolute Gasteiger partial charge is 0.159 e. The molecular weight excluding hydrogens is 487 g/mol. The first-order valence-corrected chi connectivity index (χ1v) is 14.3. The largest absolute Gasteiger partial charge is 0.491 e. The molecule has 0 bridgehead atoms. The minimum Gasteiger partial charge on any atom is -0.491 e. The number of benzene rings is 2. The van der Waals surface area contributed by atoms with E-state index in [1.54, 1.807) is 24.3 Å². The van der Waals surface area contributed by atoms with Gasteiger partial charge in [0.05, 0.1) is 36.0 Å². The van der Waals surface area contributed by atoms with E-state index in [0.717, 1.165) is 69.0 Å². The second-order valence-electron chi connectivity index (χ2n) is 10.9. The molecule has 2 fully saturated rings. The Morgan fingerprint density at radius 3 is 2.81 bits per heavy atom. The highest BCUT2D eigenvalue weighted by molar-refractivity contribution is 7.99. The molecule has 0 saturated carbocycles. The van der Waals surface area contributed by atoms with Crippen molar-refractivity contribution in [1.82, 2.24) is 9.21 Å². The summed E-state index contributed by atoms with van der Waals surface area (Å²) in [4.78, 5) is 8.29. The van der Waals surface area contributed by atoms with E-state index in [4.69, 9.17) is 9.57 Å². The summed E-state index contributed by atoms with van der Waals surface area (Å²) < 4.78 is 24.8. The van der Waals surface area contributed by atoms with Gasteiger partial charge >= 0.3 is 0 Å². The Bertz CT molecular complexity index is 1110. The second-order valence-corrected chi connectivity index (χ2v) is 11.9. The average Bonchev–Trinajstić information content (AvgIpc) is 3.46. The molecule has 2 saturated heterocycles. The fraction of sp³-hybridized carbons (Fsp3) is 0.552. The fourth-order valence-corrected chi connectivity index (χ4v) is 7.09. The van der Waals surface area contributed by atoms with Gasteiger partial charge in [0.2, 0.25) is 0 Å². The molecule has 0 aliphatic carbocycles. The van der Waals surface area contributed by atoms with Crippen molar-refractivity contribution in [2.24, 2.45) is 5.16 Å². The standard InChI is InChI=1S/C29H39FN4O2S/c1-5-8-27-17-28(31-36-27)33-20-29(34(37-33)25-11-7-10-24(30)16-25)13-14-32(22(4)18-29)19-23-9-6-12-26(15-23)35-21(2)3/h6-7,9-12,15-16,21-22,27H,5,8,13-14,17-20H2,1-4H3/t22-,27?,29+/m0/s1. The summed E-state index contributed by atoms with van der Waals surface area (Å²) in [5.74, 6) is 1.72. The number of anilines is 1. The number of piperidine rings is 1. The molecule has 0 N–H and O–H groups in total. The van der Waals surface area contributed by atoms with Crippen LogP contribution in [0.2, 0.25) is 0 Å². The van der Waals surface area contributed by atoms with Gasteiger partial charge in [-0.15, -0.1) is 0 Å². The number of hydrogen-bond donors (Lipinski definition) is 0. The van der Waals surface area contributed by atoms with Gasteiger partial charge in [0.25, 0.3) is 0 Å². The number of oxime groups is 1. The molecular formula is C29H39FN4O2S. The van der Waals surface area contributed by atoms with Crippen LogP contribution in [0, 0.1) is 5.82 Å². The van der Waals surface area contributed by atoms with Crippen LogP contribution in [0.25, 0.3) is 0 Å². The van der Waals surface area contributed by atoms with Crippen LogP contribution in [0.15, 0.2) is 53.7 Å². The number of ether oxygens (including phenoxy) is 1. The van der Waals surface area contributed by atoms with Crippen molar-refractivity contribution in [2.45, 2.75) is 90.1 Å². The van der Waals surface area contributed by atoms with Crippen LogP contribution in [-0.4, -0.2) is 51.9 Å². The first kappa shape index (κ1) is 26.2. The molecule has 8 heteroatoms. The predicted octanol–water partition coefficient (Wildman–Crippen LogP) is 6.62. The number of halogens is 1. The van der Waals surface area contributed by atoms with Crippen LogP contribution in [0.3, 0.4) is 0 Å². The van der Waals surface area contributed by atoms with Gasteiger partial charge in [-0.3, -0.25) is 13.5 Å². The maximum Gasteiger partial charge on any atom is 0.159 e. The summed E-state index contributed by atoms with van der Waals surface area (Å²) in [5.41, 5.74) is 2.07. The zero-order valence-electron chi connectivity index (χ0n) is 22.4. The molecule has 2 aromatic carbocycles. The molecule has 5 rings (SSSR count). The van der Waals surface area contributed by atoms with Gasteiger partial charge in [0, 0.05) is 25.6 Å². The number of nitrogens with zero attached hydrogens (tertiary/aromatic N) is 4. The molecule has 0 radical (unpaired) electrons. The monoisotopic (exact) mass is 526 g/mol. The van der Waals surface area contributed by atoms with Gasteiger partial charge in [-0.2, -0.15) is 0 Å². The minimum absolute atomic E-state index is 0.109. The summed E-state index contributed by atoms with van der Waals surface area (Å²) in [5, 5.41) is 4.46. The van der Waals surface area contributed by atoms with E-state index in [1.807, 2.05) is 12.1 Å². The van der Waals surface area contributed by atoms with Crippen molar-refractivity contribution < 1.29 is 14.0 Å². The van der Waals surface area contributed by atoms with Crippen molar-refractivity contribution in [1.29, 1.82) is 0 Å². The van der Waals surface area contributed by atoms with Crippen molar-refractivity contribution >= 4 is 23.7 Å². The number of rotatable bonds is 7. The second kappa shape index (κ2) is 11.1. The van der Waals surface area contributed by atoms with E-state index in [1.165, 1.54) is 11.6 Å². The van der Waals surface area contributed by atoms with Crippen molar-refractivity contribution in [3.8, 4) is 5.75 Å². The molecule has 0 amide bonds. The van der Waals surface area contributed by atoms with Gasteiger partial charge in [0.1, 0.15) is 17.7 Å². The third-order valence-corrected chi connectivity index (χ3v) is 8.82. The molecule has 1 unspecified atom stereocenters. The average molecular weight is 527 g/mol. The Morgan fingerprint density at radius 1 is 1.22 bits per heavy atom. The number of amidine groups is 1. The molecule has 3 aliphatic rings. The summed E-state index contributed by atoms with van der Waals surface area (Å²) in [7, 11) is 0. The van der Waals surface area contributed by atoms with E-state index in [9.17, 15) is 4.39 Å². The summed E-state index contributed by atoms with van der Waals surface area (Å²) in [6, 6.07) is 15.8. The van der Waals surface area contributed by atoms with Crippen molar-refractivity contribution in [3.63, 3.8) is 0 Å². The van der Waals surface area contributed by atoms with Crippen LogP contribution in [0.1, 0.15) is 65.4 Å². The van der Waals surface area contributed by atoms with E-state index in [2.05, 4.69) is 64.6 Å². The highest BCUT2D eigenvalue weighted by atomic mass is 32.2. The number of hydrogen-bond acceptors (Lipinski definition) is 7.